The molecule has 0 N–H and O–H groups in total. The molecule has 1 unspecified atom stereocenters. The quantitative estimate of drug-likeness (QED) is 0.0199. The Morgan fingerprint density at radius 2 is 0.667 bits per heavy atom. The van der Waals surface area contributed by atoms with Crippen LogP contribution in [0.4, 0.5) is 0 Å². The lowest BCUT2D eigenvalue weighted by Crippen LogP contribution is -2.30. The van der Waals surface area contributed by atoms with Crippen LogP contribution >= 0.6 is 0 Å². The zero-order chi connectivity index (χ0) is 47.9. The minimum atomic E-state index is -0.815. The van der Waals surface area contributed by atoms with Crippen LogP contribution in [0.3, 0.4) is 0 Å². The van der Waals surface area contributed by atoms with Crippen LogP contribution in [0.1, 0.15) is 207 Å². The van der Waals surface area contributed by atoms with Gasteiger partial charge in [-0.15, -0.1) is 0 Å². The van der Waals surface area contributed by atoms with Crippen LogP contribution in [0.25, 0.3) is 0 Å². The van der Waals surface area contributed by atoms with Crippen LogP contribution < -0.4 is 0 Å². The second kappa shape index (κ2) is 53.2. The van der Waals surface area contributed by atoms with Crippen molar-refractivity contribution in [1.82, 2.24) is 0 Å². The Kier molecular flexibility index (Phi) is 49.6. The summed E-state index contributed by atoms with van der Waals surface area (Å²) in [7, 11) is 0. The van der Waals surface area contributed by atoms with E-state index in [0.29, 0.717) is 19.3 Å². The van der Waals surface area contributed by atoms with E-state index in [2.05, 4.69) is 81.5 Å². The SMILES string of the molecule is CC\C=C/C=C\C=C/C=C\C=C\C=C/C=C\CCCCCC(=O)OCC(COC(=O)CCCCC/C=C\CCCCCCCC)OC(=O)CCCCCCCC/C=C\C/C=C\C/C=C\CC. The van der Waals surface area contributed by atoms with E-state index in [1.807, 2.05) is 72.9 Å². The van der Waals surface area contributed by atoms with Crippen LogP contribution in [0.15, 0.2) is 134 Å². The average molecular weight is 911 g/mol. The lowest BCUT2D eigenvalue weighted by atomic mass is 10.1. The van der Waals surface area contributed by atoms with Crippen molar-refractivity contribution in [3.05, 3.63) is 134 Å². The molecule has 0 fully saturated rings. The molecule has 1 atom stereocenters. The Morgan fingerprint density at radius 1 is 0.333 bits per heavy atom. The molecular weight excluding hydrogens is 817 g/mol. The van der Waals surface area contributed by atoms with Crippen LogP contribution in [0.5, 0.6) is 0 Å². The number of allylic oxidation sites excluding steroid dienone is 22. The van der Waals surface area contributed by atoms with Crippen molar-refractivity contribution < 1.29 is 28.6 Å². The maximum absolute atomic E-state index is 12.8. The van der Waals surface area contributed by atoms with E-state index in [-0.39, 0.29) is 31.1 Å². The molecule has 0 aliphatic heterocycles. The molecular formula is C60H94O6. The molecule has 0 aliphatic rings. The number of hydrogen-bond donors (Lipinski definition) is 0. The van der Waals surface area contributed by atoms with E-state index in [0.717, 1.165) is 116 Å². The van der Waals surface area contributed by atoms with Gasteiger partial charge in [-0.25, -0.2) is 0 Å². The normalized spacial score (nSPS) is 13.2. The molecule has 6 nitrogen and oxygen atoms in total. The molecule has 0 amide bonds. The molecule has 0 saturated heterocycles. The van der Waals surface area contributed by atoms with Gasteiger partial charge in [-0.05, 0) is 96.3 Å². The summed E-state index contributed by atoms with van der Waals surface area (Å²) in [6, 6.07) is 0. The third kappa shape index (κ3) is 50.5. The van der Waals surface area contributed by atoms with Crippen molar-refractivity contribution >= 4 is 17.9 Å². The van der Waals surface area contributed by atoms with Gasteiger partial charge >= 0.3 is 17.9 Å². The first kappa shape index (κ1) is 61.5. The van der Waals surface area contributed by atoms with Crippen LogP contribution in [0.2, 0.25) is 0 Å². The Hall–Kier alpha value is -4.45. The number of unbranched alkanes of at least 4 members (excludes halogenated alkanes) is 18. The predicted molar refractivity (Wildman–Crippen MR) is 283 cm³/mol. The lowest BCUT2D eigenvalue weighted by molar-refractivity contribution is -0.167. The van der Waals surface area contributed by atoms with Gasteiger partial charge in [-0.1, -0.05) is 225 Å². The second-order valence-corrected chi connectivity index (χ2v) is 16.8. The number of esters is 3. The number of carbonyl (C=O) groups excluding carboxylic acids is 3. The zero-order valence-electron chi connectivity index (χ0n) is 42.1. The number of hydrogen-bond acceptors (Lipinski definition) is 6. The Labute approximate surface area is 405 Å². The minimum Gasteiger partial charge on any atom is -0.462 e. The fourth-order valence-electron chi connectivity index (χ4n) is 6.67. The van der Waals surface area contributed by atoms with Gasteiger partial charge in [0.25, 0.3) is 0 Å². The topological polar surface area (TPSA) is 78.9 Å². The maximum Gasteiger partial charge on any atom is 0.306 e. The first-order valence-electron chi connectivity index (χ1n) is 26.3. The summed E-state index contributed by atoms with van der Waals surface area (Å²) in [5.74, 6) is -0.994. The van der Waals surface area contributed by atoms with Crippen molar-refractivity contribution in [3.8, 4) is 0 Å². The third-order valence-electron chi connectivity index (χ3n) is 10.6. The van der Waals surface area contributed by atoms with Crippen LogP contribution in [0, 0.1) is 0 Å². The Bertz CT molecular complexity index is 1460. The first-order chi connectivity index (χ1) is 32.5. The Balaban J connectivity index is 4.56. The molecule has 370 valence electrons. The van der Waals surface area contributed by atoms with Crippen LogP contribution in [-0.2, 0) is 28.6 Å². The largest absolute Gasteiger partial charge is 0.462 e. The first-order valence-corrected chi connectivity index (χ1v) is 26.3. The average Bonchev–Trinajstić information content (AvgIpc) is 3.31. The highest BCUT2D eigenvalue weighted by Crippen LogP contribution is 2.13. The molecule has 66 heavy (non-hydrogen) atoms. The summed E-state index contributed by atoms with van der Waals surface area (Å²) in [6.45, 7) is 6.29. The van der Waals surface area contributed by atoms with E-state index >= 15 is 0 Å². The van der Waals surface area contributed by atoms with E-state index in [4.69, 9.17) is 14.2 Å². The molecule has 0 aromatic rings. The van der Waals surface area contributed by atoms with Crippen molar-refractivity contribution in [2.45, 2.75) is 213 Å². The molecule has 0 aliphatic carbocycles. The van der Waals surface area contributed by atoms with E-state index in [1.54, 1.807) is 0 Å². The maximum atomic E-state index is 12.8. The summed E-state index contributed by atoms with van der Waals surface area (Å²) in [6.07, 6.45) is 74.3. The molecule has 0 bridgehead atoms. The fourth-order valence-corrected chi connectivity index (χ4v) is 6.67. The van der Waals surface area contributed by atoms with Gasteiger partial charge in [0.1, 0.15) is 13.2 Å². The number of carbonyl (C=O) groups is 3. The molecule has 0 radical (unpaired) electrons. The van der Waals surface area contributed by atoms with E-state index < -0.39 is 6.10 Å². The smallest absolute Gasteiger partial charge is 0.306 e. The molecule has 0 heterocycles. The monoisotopic (exact) mass is 911 g/mol. The molecule has 0 rings (SSSR count). The molecule has 0 spiro atoms. The highest BCUT2D eigenvalue weighted by Gasteiger charge is 2.19. The van der Waals surface area contributed by atoms with Crippen LogP contribution in [-0.4, -0.2) is 37.2 Å². The minimum absolute atomic E-state index is 0.111. The van der Waals surface area contributed by atoms with Gasteiger partial charge in [-0.3, -0.25) is 14.4 Å². The standard InChI is InChI=1S/C60H94O6/c1-4-7-10-13-16-19-22-25-27-29-30-31-33-35-38-41-44-47-50-53-59(62)65-56-57(55-64-58(61)52-49-46-43-40-37-34-24-21-18-15-12-9-6-3)66-60(63)54-51-48-45-42-39-36-32-28-26-23-20-17-14-11-8-5-2/h7-8,10-11,13,16-17,19-20,22,25-31,33-35,37-38,57H,4-6,9,12,14-15,18,21,23-24,32,36,39-56H2,1-3H3/b10-7-,11-8-,16-13-,20-17-,22-19-,27-25-,28-26-,30-29+,33-31-,37-34-,38-35-. The highest BCUT2D eigenvalue weighted by molar-refractivity contribution is 5.71. The zero-order valence-corrected chi connectivity index (χ0v) is 42.1. The summed E-state index contributed by atoms with van der Waals surface area (Å²) in [4.78, 5) is 38.0. The summed E-state index contributed by atoms with van der Waals surface area (Å²) in [5.41, 5.74) is 0. The molecule has 0 saturated carbocycles. The third-order valence-corrected chi connectivity index (χ3v) is 10.6. The molecule has 0 aromatic carbocycles. The van der Waals surface area contributed by atoms with Gasteiger partial charge in [0.05, 0.1) is 0 Å². The van der Waals surface area contributed by atoms with Crippen molar-refractivity contribution in [2.75, 3.05) is 13.2 Å². The van der Waals surface area contributed by atoms with Gasteiger partial charge in [0, 0.05) is 19.3 Å². The summed E-state index contributed by atoms with van der Waals surface area (Å²) in [5, 5.41) is 0. The molecule has 6 heteroatoms. The van der Waals surface area contributed by atoms with E-state index in [1.165, 1.54) is 51.4 Å². The lowest BCUT2D eigenvalue weighted by Gasteiger charge is -2.18. The van der Waals surface area contributed by atoms with Gasteiger partial charge in [0.2, 0.25) is 0 Å². The van der Waals surface area contributed by atoms with Crippen molar-refractivity contribution in [1.29, 1.82) is 0 Å². The van der Waals surface area contributed by atoms with Crippen molar-refractivity contribution in [3.63, 3.8) is 0 Å². The van der Waals surface area contributed by atoms with Gasteiger partial charge in [-0.2, -0.15) is 0 Å². The Morgan fingerprint density at radius 3 is 1.14 bits per heavy atom. The fraction of sp³-hybridized carbons (Fsp3) is 0.583. The van der Waals surface area contributed by atoms with Crippen molar-refractivity contribution in [2.24, 2.45) is 0 Å². The van der Waals surface area contributed by atoms with E-state index in [9.17, 15) is 14.4 Å². The summed E-state index contributed by atoms with van der Waals surface area (Å²) >= 11 is 0. The predicted octanol–water partition coefficient (Wildman–Crippen LogP) is 17.5. The van der Waals surface area contributed by atoms with Gasteiger partial charge in [0.15, 0.2) is 6.10 Å². The highest BCUT2D eigenvalue weighted by atomic mass is 16.6. The number of rotatable bonds is 45. The van der Waals surface area contributed by atoms with Gasteiger partial charge < -0.3 is 14.2 Å². The number of ether oxygens (including phenoxy) is 3. The second-order valence-electron chi connectivity index (χ2n) is 16.8. The summed E-state index contributed by atoms with van der Waals surface area (Å²) < 4.78 is 16.7. The molecule has 0 aromatic heterocycles.